The highest BCUT2D eigenvalue weighted by atomic mass is 19.4. The van der Waals surface area contributed by atoms with Crippen molar-refractivity contribution in [2.24, 2.45) is 12.0 Å². The average molecular weight is 372 g/mol. The van der Waals surface area contributed by atoms with E-state index in [1.165, 1.54) is 13.2 Å². The van der Waals surface area contributed by atoms with Gasteiger partial charge in [-0.3, -0.25) is 4.68 Å². The van der Waals surface area contributed by atoms with Crippen LogP contribution in [0.3, 0.4) is 0 Å². The summed E-state index contributed by atoms with van der Waals surface area (Å²) >= 11 is 0. The summed E-state index contributed by atoms with van der Waals surface area (Å²) in [7, 11) is 1.45. The Balaban J connectivity index is 2.01. The van der Waals surface area contributed by atoms with Gasteiger partial charge in [-0.1, -0.05) is 6.92 Å². The molecule has 0 unspecified atom stereocenters. The van der Waals surface area contributed by atoms with Crippen molar-refractivity contribution >= 4 is 5.96 Å². The molecule has 2 aromatic heterocycles. The molecule has 2 N–H and O–H groups in total. The van der Waals surface area contributed by atoms with Crippen LogP contribution < -0.4 is 10.6 Å². The topological polar surface area (TPSA) is 85.0 Å². The van der Waals surface area contributed by atoms with Crippen LogP contribution in [0.2, 0.25) is 0 Å². The maximum atomic E-state index is 13.0. The smallest absolute Gasteiger partial charge is 0.357 e. The van der Waals surface area contributed by atoms with Gasteiger partial charge in [0, 0.05) is 44.9 Å². The van der Waals surface area contributed by atoms with Crippen molar-refractivity contribution in [2.75, 3.05) is 13.1 Å². The third-order valence-electron chi connectivity index (χ3n) is 3.58. The highest BCUT2D eigenvalue weighted by Crippen LogP contribution is 2.30. The Hall–Kier alpha value is -2.59. The van der Waals surface area contributed by atoms with Crippen LogP contribution in [0, 0.1) is 0 Å². The van der Waals surface area contributed by atoms with E-state index in [0.29, 0.717) is 25.6 Å². The van der Waals surface area contributed by atoms with E-state index in [4.69, 9.17) is 0 Å². The van der Waals surface area contributed by atoms with E-state index in [1.54, 1.807) is 6.33 Å². The van der Waals surface area contributed by atoms with Crippen molar-refractivity contribution in [2.45, 2.75) is 39.5 Å². The first-order chi connectivity index (χ1) is 12.3. The molecular formula is C15H23F3N8. The Kier molecular flexibility index (Phi) is 6.58. The molecule has 0 aliphatic rings. The zero-order valence-electron chi connectivity index (χ0n) is 15.0. The van der Waals surface area contributed by atoms with Crippen LogP contribution in [0.25, 0.3) is 0 Å². The number of aryl methyl sites for hydroxylation is 2. The van der Waals surface area contributed by atoms with Crippen molar-refractivity contribution in [3.05, 3.63) is 29.6 Å². The second kappa shape index (κ2) is 8.68. The predicted molar refractivity (Wildman–Crippen MR) is 90.4 cm³/mol. The third kappa shape index (κ3) is 5.20. The van der Waals surface area contributed by atoms with Gasteiger partial charge in [0.2, 0.25) is 0 Å². The number of nitrogens with zero attached hydrogens (tertiary/aromatic N) is 6. The molecular weight excluding hydrogens is 349 g/mol. The molecule has 11 heteroatoms. The Morgan fingerprint density at radius 2 is 2.04 bits per heavy atom. The summed E-state index contributed by atoms with van der Waals surface area (Å²) in [5, 5.41) is 17.5. The lowest BCUT2D eigenvalue weighted by atomic mass is 10.2. The first-order valence-corrected chi connectivity index (χ1v) is 8.33. The number of aliphatic imine (C=N–C) groups is 1. The first kappa shape index (κ1) is 19.7. The lowest BCUT2D eigenvalue weighted by Gasteiger charge is -2.12. The van der Waals surface area contributed by atoms with Gasteiger partial charge in [-0.2, -0.15) is 18.3 Å². The SMILES string of the molecule is CCNC(=NCc1cn(C)nc1C(F)(F)F)NCCn1cnnc1CC. The number of guanidine groups is 1. The fourth-order valence-corrected chi connectivity index (χ4v) is 2.43. The largest absolute Gasteiger partial charge is 0.435 e. The summed E-state index contributed by atoms with van der Waals surface area (Å²) in [5.74, 6) is 1.31. The summed E-state index contributed by atoms with van der Waals surface area (Å²) in [6.07, 6.45) is -0.741. The van der Waals surface area contributed by atoms with Crippen LogP contribution in [0.15, 0.2) is 17.5 Å². The van der Waals surface area contributed by atoms with Crippen LogP contribution in [0.4, 0.5) is 13.2 Å². The fourth-order valence-electron chi connectivity index (χ4n) is 2.43. The molecule has 0 aromatic carbocycles. The third-order valence-corrected chi connectivity index (χ3v) is 3.58. The number of alkyl halides is 3. The second-order valence-electron chi connectivity index (χ2n) is 5.59. The van der Waals surface area contributed by atoms with Crippen molar-refractivity contribution in [1.82, 2.24) is 35.2 Å². The Bertz CT molecular complexity index is 732. The molecule has 0 radical (unpaired) electrons. The predicted octanol–water partition coefficient (Wildman–Crippen LogP) is 1.35. The minimum Gasteiger partial charge on any atom is -0.357 e. The maximum Gasteiger partial charge on any atom is 0.435 e. The molecule has 0 fully saturated rings. The van der Waals surface area contributed by atoms with Crippen LogP contribution in [-0.4, -0.2) is 43.6 Å². The molecule has 8 nitrogen and oxygen atoms in total. The summed E-state index contributed by atoms with van der Waals surface area (Å²) < 4.78 is 42.0. The van der Waals surface area contributed by atoms with E-state index in [9.17, 15) is 13.2 Å². The Morgan fingerprint density at radius 3 is 2.69 bits per heavy atom. The van der Waals surface area contributed by atoms with Gasteiger partial charge in [-0.25, -0.2) is 4.99 Å². The van der Waals surface area contributed by atoms with E-state index in [0.717, 1.165) is 16.9 Å². The normalized spacial score (nSPS) is 12.5. The zero-order valence-corrected chi connectivity index (χ0v) is 15.0. The number of halogens is 3. The Morgan fingerprint density at radius 1 is 1.27 bits per heavy atom. The van der Waals surface area contributed by atoms with E-state index in [1.807, 2.05) is 18.4 Å². The summed E-state index contributed by atoms with van der Waals surface area (Å²) in [4.78, 5) is 4.23. The minimum atomic E-state index is -4.50. The van der Waals surface area contributed by atoms with Gasteiger partial charge in [0.15, 0.2) is 11.7 Å². The molecule has 0 amide bonds. The second-order valence-corrected chi connectivity index (χ2v) is 5.59. The van der Waals surface area contributed by atoms with Crippen LogP contribution in [0.5, 0.6) is 0 Å². The molecule has 2 heterocycles. The van der Waals surface area contributed by atoms with E-state index < -0.39 is 11.9 Å². The lowest BCUT2D eigenvalue weighted by Crippen LogP contribution is -2.39. The van der Waals surface area contributed by atoms with Crippen molar-refractivity contribution in [1.29, 1.82) is 0 Å². The fraction of sp³-hybridized carbons (Fsp3) is 0.600. The molecule has 0 bridgehead atoms. The van der Waals surface area contributed by atoms with Gasteiger partial charge in [0.25, 0.3) is 0 Å². The molecule has 144 valence electrons. The highest BCUT2D eigenvalue weighted by molar-refractivity contribution is 5.79. The van der Waals surface area contributed by atoms with Crippen LogP contribution in [0.1, 0.15) is 30.9 Å². The zero-order chi connectivity index (χ0) is 19.2. The molecule has 2 rings (SSSR count). The minimum absolute atomic E-state index is 0.0317. The monoisotopic (exact) mass is 372 g/mol. The quantitative estimate of drug-likeness (QED) is 0.566. The van der Waals surface area contributed by atoms with Gasteiger partial charge in [0.05, 0.1) is 6.54 Å². The molecule has 0 saturated heterocycles. The van der Waals surface area contributed by atoms with Gasteiger partial charge in [-0.15, -0.1) is 10.2 Å². The Labute approximate surface area is 149 Å². The van der Waals surface area contributed by atoms with Gasteiger partial charge >= 0.3 is 6.18 Å². The molecule has 0 saturated carbocycles. The number of hydrogen-bond acceptors (Lipinski definition) is 4. The number of rotatable bonds is 7. The lowest BCUT2D eigenvalue weighted by molar-refractivity contribution is -0.142. The van der Waals surface area contributed by atoms with Gasteiger partial charge in [-0.05, 0) is 6.92 Å². The van der Waals surface area contributed by atoms with Gasteiger partial charge < -0.3 is 15.2 Å². The first-order valence-electron chi connectivity index (χ1n) is 8.33. The van der Waals surface area contributed by atoms with E-state index in [-0.39, 0.29) is 12.1 Å². The number of hydrogen-bond donors (Lipinski definition) is 2. The van der Waals surface area contributed by atoms with Crippen molar-refractivity contribution in [3.8, 4) is 0 Å². The summed E-state index contributed by atoms with van der Waals surface area (Å²) in [6, 6.07) is 0. The van der Waals surface area contributed by atoms with Crippen LogP contribution >= 0.6 is 0 Å². The molecule has 26 heavy (non-hydrogen) atoms. The number of aromatic nitrogens is 5. The molecule has 0 atom stereocenters. The standard InChI is InChI=1S/C15H23F3N8/c1-4-12-23-22-10-26(12)7-6-20-14(19-5-2)21-8-11-9-25(3)24-13(11)15(16,17)18/h9-10H,4-8H2,1-3H3,(H2,19,20,21). The van der Waals surface area contributed by atoms with Crippen molar-refractivity contribution < 1.29 is 13.2 Å². The average Bonchev–Trinajstić information content (AvgIpc) is 3.18. The molecule has 0 spiro atoms. The maximum absolute atomic E-state index is 13.0. The highest BCUT2D eigenvalue weighted by Gasteiger charge is 2.36. The molecule has 0 aliphatic carbocycles. The van der Waals surface area contributed by atoms with Gasteiger partial charge in [0.1, 0.15) is 12.2 Å². The molecule has 0 aliphatic heterocycles. The number of nitrogens with one attached hydrogen (secondary N) is 2. The van der Waals surface area contributed by atoms with E-state index >= 15 is 0 Å². The van der Waals surface area contributed by atoms with Crippen LogP contribution in [-0.2, 0) is 32.7 Å². The van der Waals surface area contributed by atoms with Crippen molar-refractivity contribution in [3.63, 3.8) is 0 Å². The summed E-state index contributed by atoms with van der Waals surface area (Å²) in [6.45, 7) is 5.52. The summed E-state index contributed by atoms with van der Waals surface area (Å²) in [5.41, 5.74) is -0.874. The molecule has 2 aromatic rings. The van der Waals surface area contributed by atoms with E-state index in [2.05, 4.69) is 30.9 Å².